The SMILES string of the molecule is Cn1nccc1-c1cc(C(F)(F)F)ccc1O[C@@H]1CCCc2cc(S(=O)(=O)Oc3c(F)c(F)c(F)c(F)c3F)ccc21. The van der Waals surface area contributed by atoms with Crippen LogP contribution < -0.4 is 8.92 Å². The largest absolute Gasteiger partial charge is 0.485 e. The summed E-state index contributed by atoms with van der Waals surface area (Å²) in [5.41, 5.74) is 0.444. The third-order valence-electron chi connectivity index (χ3n) is 6.70. The first-order valence-corrected chi connectivity index (χ1v) is 13.5. The Bertz CT molecular complexity index is 1780. The molecule has 0 unspecified atom stereocenters. The van der Waals surface area contributed by atoms with Gasteiger partial charge in [0.15, 0.2) is 0 Å². The Kier molecular flexibility index (Phi) is 7.41. The van der Waals surface area contributed by atoms with Crippen molar-refractivity contribution in [1.29, 1.82) is 0 Å². The molecule has 222 valence electrons. The summed E-state index contributed by atoms with van der Waals surface area (Å²) < 4.78 is 146. The van der Waals surface area contributed by atoms with E-state index in [1.807, 2.05) is 0 Å². The number of fused-ring (bicyclic) bond motifs is 1. The van der Waals surface area contributed by atoms with E-state index < -0.39 is 67.7 Å². The molecule has 1 atom stereocenters. The fourth-order valence-corrected chi connectivity index (χ4v) is 5.62. The van der Waals surface area contributed by atoms with Crippen LogP contribution >= 0.6 is 0 Å². The van der Waals surface area contributed by atoms with Gasteiger partial charge in [-0.2, -0.15) is 35.5 Å². The molecule has 15 heteroatoms. The highest BCUT2D eigenvalue weighted by atomic mass is 32.2. The van der Waals surface area contributed by atoms with Crippen LogP contribution in [0.15, 0.2) is 53.6 Å². The van der Waals surface area contributed by atoms with Crippen LogP contribution in [-0.4, -0.2) is 18.2 Å². The Morgan fingerprint density at radius 3 is 2.19 bits per heavy atom. The van der Waals surface area contributed by atoms with E-state index in [1.54, 1.807) is 7.05 Å². The average Bonchev–Trinajstić information content (AvgIpc) is 3.38. The molecule has 0 N–H and O–H groups in total. The van der Waals surface area contributed by atoms with Crippen LogP contribution in [-0.2, 0) is 29.8 Å². The molecule has 1 heterocycles. The summed E-state index contributed by atoms with van der Waals surface area (Å²) in [7, 11) is -3.52. The van der Waals surface area contributed by atoms with Crippen molar-refractivity contribution in [2.75, 3.05) is 0 Å². The number of nitrogens with zero attached hydrogens (tertiary/aromatic N) is 2. The third-order valence-corrected chi connectivity index (χ3v) is 7.92. The monoisotopic (exact) mass is 618 g/mol. The van der Waals surface area contributed by atoms with Crippen LogP contribution in [0.4, 0.5) is 35.1 Å². The van der Waals surface area contributed by atoms with Crippen molar-refractivity contribution in [3.05, 3.63) is 94.4 Å². The molecule has 0 fully saturated rings. The van der Waals surface area contributed by atoms with Crippen LogP contribution in [0.5, 0.6) is 11.5 Å². The van der Waals surface area contributed by atoms with Crippen LogP contribution in [0, 0.1) is 29.1 Å². The number of rotatable bonds is 6. The summed E-state index contributed by atoms with van der Waals surface area (Å²) in [6.07, 6.45) is -2.75. The molecule has 0 radical (unpaired) electrons. The van der Waals surface area contributed by atoms with E-state index in [2.05, 4.69) is 9.28 Å². The van der Waals surface area contributed by atoms with Crippen molar-refractivity contribution >= 4 is 10.1 Å². The van der Waals surface area contributed by atoms with Crippen molar-refractivity contribution < 1.29 is 52.5 Å². The maximum absolute atomic E-state index is 14.0. The lowest BCUT2D eigenvalue weighted by molar-refractivity contribution is -0.137. The maximum atomic E-state index is 14.0. The highest BCUT2D eigenvalue weighted by Crippen LogP contribution is 2.41. The molecule has 1 aromatic heterocycles. The van der Waals surface area contributed by atoms with E-state index in [0.717, 1.165) is 24.3 Å². The first-order chi connectivity index (χ1) is 19.7. The quantitative estimate of drug-likeness (QED) is 0.101. The zero-order valence-electron chi connectivity index (χ0n) is 21.3. The minimum absolute atomic E-state index is 0.107. The van der Waals surface area contributed by atoms with E-state index >= 15 is 0 Å². The number of hydrogen-bond donors (Lipinski definition) is 0. The van der Waals surface area contributed by atoms with Crippen molar-refractivity contribution in [1.82, 2.24) is 9.78 Å². The summed E-state index contributed by atoms with van der Waals surface area (Å²) >= 11 is 0. The minimum atomic E-state index is -5.07. The zero-order chi connectivity index (χ0) is 30.6. The second kappa shape index (κ2) is 10.6. The summed E-state index contributed by atoms with van der Waals surface area (Å²) in [5, 5.41) is 4.00. The highest BCUT2D eigenvalue weighted by Gasteiger charge is 2.34. The fourth-order valence-electron chi connectivity index (χ4n) is 4.64. The molecule has 1 aliphatic rings. The number of aromatic nitrogens is 2. The van der Waals surface area contributed by atoms with Gasteiger partial charge in [0.05, 0.1) is 11.3 Å². The molecule has 1 aliphatic carbocycles. The first kappa shape index (κ1) is 29.4. The topological polar surface area (TPSA) is 70.4 Å². The average molecular weight is 619 g/mol. The Morgan fingerprint density at radius 2 is 1.57 bits per heavy atom. The second-order valence-electron chi connectivity index (χ2n) is 9.34. The molecule has 5 rings (SSSR count). The number of halogens is 8. The lowest BCUT2D eigenvalue weighted by Crippen LogP contribution is -2.18. The highest BCUT2D eigenvalue weighted by molar-refractivity contribution is 7.87. The van der Waals surface area contributed by atoms with Gasteiger partial charge in [-0.1, -0.05) is 6.07 Å². The van der Waals surface area contributed by atoms with E-state index in [1.165, 1.54) is 29.1 Å². The Labute approximate surface area is 233 Å². The van der Waals surface area contributed by atoms with Crippen LogP contribution in [0.2, 0.25) is 0 Å². The molecule has 3 aromatic carbocycles. The summed E-state index contributed by atoms with van der Waals surface area (Å²) in [4.78, 5) is -0.629. The van der Waals surface area contributed by atoms with Gasteiger partial charge < -0.3 is 8.92 Å². The first-order valence-electron chi connectivity index (χ1n) is 12.1. The summed E-state index contributed by atoms with van der Waals surface area (Å²) in [6.45, 7) is 0. The molecule has 42 heavy (non-hydrogen) atoms. The fraction of sp³-hybridized carbons (Fsp3) is 0.222. The molecule has 0 aliphatic heterocycles. The van der Waals surface area contributed by atoms with Gasteiger partial charge in [-0.05, 0) is 66.8 Å². The number of aryl methyl sites for hydroxylation is 2. The number of hydrogen-bond acceptors (Lipinski definition) is 5. The van der Waals surface area contributed by atoms with Gasteiger partial charge in [0.25, 0.3) is 0 Å². The number of alkyl halides is 3. The van der Waals surface area contributed by atoms with E-state index in [-0.39, 0.29) is 11.3 Å². The predicted molar refractivity (Wildman–Crippen MR) is 130 cm³/mol. The van der Waals surface area contributed by atoms with Gasteiger partial charge in [0.1, 0.15) is 16.7 Å². The van der Waals surface area contributed by atoms with E-state index in [4.69, 9.17) is 4.74 Å². The molecule has 0 saturated heterocycles. The molecule has 0 amide bonds. The van der Waals surface area contributed by atoms with Gasteiger partial charge in [0.2, 0.25) is 34.8 Å². The molecule has 6 nitrogen and oxygen atoms in total. The lowest BCUT2D eigenvalue weighted by atomic mass is 9.89. The Hall–Kier alpha value is -4.14. The van der Waals surface area contributed by atoms with Crippen molar-refractivity contribution in [2.45, 2.75) is 36.4 Å². The smallest absolute Gasteiger partial charge is 0.416 e. The van der Waals surface area contributed by atoms with Gasteiger partial charge in [-0.15, -0.1) is 0 Å². The lowest BCUT2D eigenvalue weighted by Gasteiger charge is -2.28. The standard InChI is InChI=1S/C27H18F8N2O4S/c1-37-18(9-10-36-37)17-12-14(27(33,34)35)5-8-20(17)40-19-4-2-3-13-11-15(6-7-16(13)19)42(38,39)41-26-24(31)22(29)21(28)23(30)25(26)32/h5-12,19H,2-4H2,1H3/t19-/m1/s1. The van der Waals surface area contributed by atoms with Crippen molar-refractivity contribution in [2.24, 2.45) is 7.05 Å². The van der Waals surface area contributed by atoms with Crippen LogP contribution in [0.1, 0.15) is 35.6 Å². The Balaban J connectivity index is 1.48. The number of ether oxygens (including phenoxy) is 1. The van der Waals surface area contributed by atoms with Crippen LogP contribution in [0.3, 0.4) is 0 Å². The maximum Gasteiger partial charge on any atom is 0.416 e. The normalized spacial score (nSPS) is 15.4. The van der Waals surface area contributed by atoms with Gasteiger partial charge in [-0.3, -0.25) is 4.68 Å². The van der Waals surface area contributed by atoms with Crippen molar-refractivity contribution in [3.63, 3.8) is 0 Å². The summed E-state index contributed by atoms with van der Waals surface area (Å²) in [6, 6.07) is 7.92. The zero-order valence-corrected chi connectivity index (χ0v) is 22.1. The van der Waals surface area contributed by atoms with Gasteiger partial charge >= 0.3 is 16.3 Å². The molecule has 0 bridgehead atoms. The van der Waals surface area contributed by atoms with E-state index in [9.17, 15) is 43.5 Å². The second-order valence-corrected chi connectivity index (χ2v) is 10.9. The summed E-state index contributed by atoms with van der Waals surface area (Å²) in [5.74, 6) is -14.0. The minimum Gasteiger partial charge on any atom is -0.485 e. The predicted octanol–water partition coefficient (Wildman–Crippen LogP) is 7.03. The molecule has 0 saturated carbocycles. The molecular formula is C27H18F8N2O4S. The third kappa shape index (κ3) is 5.28. The molecular weight excluding hydrogens is 600 g/mol. The molecule has 4 aromatic rings. The van der Waals surface area contributed by atoms with Crippen LogP contribution in [0.25, 0.3) is 11.3 Å². The van der Waals surface area contributed by atoms with Gasteiger partial charge in [-0.25, -0.2) is 13.2 Å². The van der Waals surface area contributed by atoms with Gasteiger partial charge in [0, 0.05) is 18.8 Å². The van der Waals surface area contributed by atoms with E-state index in [0.29, 0.717) is 36.1 Å². The Morgan fingerprint density at radius 1 is 0.905 bits per heavy atom. The molecule has 0 spiro atoms. The van der Waals surface area contributed by atoms with Crippen molar-refractivity contribution in [3.8, 4) is 22.8 Å². The number of benzene rings is 3.